The second kappa shape index (κ2) is 6.81. The molecule has 92 valence electrons. The molecule has 1 rings (SSSR count). The molecule has 0 unspecified atom stereocenters. The zero-order valence-corrected chi connectivity index (χ0v) is 10.2. The van der Waals surface area contributed by atoms with Crippen molar-refractivity contribution >= 4 is 17.4 Å². The fourth-order valence-electron chi connectivity index (χ4n) is 1.30. The van der Waals surface area contributed by atoms with Crippen LogP contribution in [0.4, 0.5) is 5.69 Å². The number of carbonyl (C=O) groups is 2. The van der Waals surface area contributed by atoms with E-state index in [0.29, 0.717) is 6.42 Å². The molecule has 0 aliphatic heterocycles. The van der Waals surface area contributed by atoms with Gasteiger partial charge in [0.1, 0.15) is 12.4 Å². The van der Waals surface area contributed by atoms with Crippen molar-refractivity contribution in [3.05, 3.63) is 29.8 Å². The summed E-state index contributed by atoms with van der Waals surface area (Å²) in [7, 11) is 0. The number of nitrogens with one attached hydrogen (secondary N) is 1. The average Bonchev–Trinajstić information content (AvgIpc) is 2.24. The first-order valence-electron chi connectivity index (χ1n) is 5.51. The lowest BCUT2D eigenvalue weighted by Gasteiger charge is -2.06. The largest absolute Gasteiger partial charge is 0.371 e. The van der Waals surface area contributed by atoms with Crippen LogP contribution < -0.4 is 5.32 Å². The topological polar surface area (TPSA) is 55.4 Å². The Labute approximate surface area is 101 Å². The molecule has 0 saturated carbocycles. The maximum Gasteiger partial charge on any atom is 0.250 e. The molecule has 4 heteroatoms. The zero-order chi connectivity index (χ0) is 12.7. The van der Waals surface area contributed by atoms with Crippen LogP contribution in [-0.4, -0.2) is 24.9 Å². The number of ketones is 1. The molecule has 0 aliphatic carbocycles. The van der Waals surface area contributed by atoms with E-state index < -0.39 is 0 Å². The molecule has 0 heterocycles. The predicted molar refractivity (Wildman–Crippen MR) is 65.9 cm³/mol. The first kappa shape index (κ1) is 13.4. The summed E-state index contributed by atoms with van der Waals surface area (Å²) in [5.41, 5.74) is 1.84. The van der Waals surface area contributed by atoms with Crippen LogP contribution in [0.2, 0.25) is 0 Å². The number of aryl methyl sites for hydroxylation is 1. The first-order chi connectivity index (χ1) is 8.08. The Kier molecular flexibility index (Phi) is 5.36. The fraction of sp³-hybridized carbons (Fsp3) is 0.385. The zero-order valence-electron chi connectivity index (χ0n) is 10.2. The number of anilines is 1. The lowest BCUT2D eigenvalue weighted by molar-refractivity contribution is -0.123. The monoisotopic (exact) mass is 235 g/mol. The number of amides is 1. The summed E-state index contributed by atoms with van der Waals surface area (Å²) in [6.45, 7) is 3.72. The van der Waals surface area contributed by atoms with Crippen LogP contribution in [-0.2, 0) is 14.3 Å². The molecule has 0 fully saturated rings. The third-order valence-electron chi connectivity index (χ3n) is 2.13. The Bertz CT molecular complexity index is 401. The van der Waals surface area contributed by atoms with Crippen molar-refractivity contribution in [3.8, 4) is 0 Å². The van der Waals surface area contributed by atoms with E-state index in [1.807, 2.05) is 31.2 Å². The maximum atomic E-state index is 11.4. The Morgan fingerprint density at radius 1 is 1.35 bits per heavy atom. The molecule has 0 spiro atoms. The first-order valence-corrected chi connectivity index (χ1v) is 5.51. The van der Waals surface area contributed by atoms with Gasteiger partial charge in [0.15, 0.2) is 0 Å². The number of benzene rings is 1. The summed E-state index contributed by atoms with van der Waals surface area (Å²) < 4.78 is 5.08. The molecular formula is C13H17NO3. The van der Waals surface area contributed by atoms with Crippen molar-refractivity contribution in [2.45, 2.75) is 20.3 Å². The number of carbonyl (C=O) groups excluding carboxylic acids is 2. The van der Waals surface area contributed by atoms with Crippen molar-refractivity contribution in [2.75, 3.05) is 18.5 Å². The van der Waals surface area contributed by atoms with Gasteiger partial charge in [0.2, 0.25) is 5.91 Å². The molecule has 0 aliphatic rings. The molecule has 1 N–H and O–H groups in total. The van der Waals surface area contributed by atoms with E-state index in [9.17, 15) is 9.59 Å². The van der Waals surface area contributed by atoms with Gasteiger partial charge in [0.25, 0.3) is 0 Å². The molecule has 4 nitrogen and oxygen atoms in total. The van der Waals surface area contributed by atoms with Gasteiger partial charge in [0.05, 0.1) is 6.61 Å². The van der Waals surface area contributed by atoms with E-state index in [4.69, 9.17) is 4.74 Å². The van der Waals surface area contributed by atoms with Crippen molar-refractivity contribution in [1.29, 1.82) is 0 Å². The Morgan fingerprint density at radius 3 is 2.76 bits per heavy atom. The third kappa shape index (κ3) is 5.82. The van der Waals surface area contributed by atoms with Gasteiger partial charge in [-0.15, -0.1) is 0 Å². The maximum absolute atomic E-state index is 11.4. The fourth-order valence-corrected chi connectivity index (χ4v) is 1.30. The molecule has 0 aromatic heterocycles. The van der Waals surface area contributed by atoms with Crippen LogP contribution in [0, 0.1) is 6.92 Å². The molecule has 1 aromatic rings. The highest BCUT2D eigenvalue weighted by molar-refractivity contribution is 5.91. The van der Waals surface area contributed by atoms with Crippen LogP contribution in [0.3, 0.4) is 0 Å². The van der Waals surface area contributed by atoms with Gasteiger partial charge in [-0.05, 0) is 31.5 Å². The highest BCUT2D eigenvalue weighted by Gasteiger charge is 2.02. The van der Waals surface area contributed by atoms with Gasteiger partial charge in [-0.25, -0.2) is 0 Å². The van der Waals surface area contributed by atoms with Crippen LogP contribution in [0.1, 0.15) is 18.9 Å². The van der Waals surface area contributed by atoms with Crippen molar-refractivity contribution in [1.82, 2.24) is 0 Å². The Morgan fingerprint density at radius 2 is 2.12 bits per heavy atom. The van der Waals surface area contributed by atoms with Crippen molar-refractivity contribution in [2.24, 2.45) is 0 Å². The highest BCUT2D eigenvalue weighted by atomic mass is 16.5. The van der Waals surface area contributed by atoms with Crippen molar-refractivity contribution in [3.63, 3.8) is 0 Å². The lowest BCUT2D eigenvalue weighted by atomic mass is 10.2. The van der Waals surface area contributed by atoms with E-state index in [1.165, 1.54) is 6.92 Å². The van der Waals surface area contributed by atoms with Gasteiger partial charge in [-0.1, -0.05) is 12.1 Å². The number of ether oxygens (including phenoxy) is 1. The number of hydrogen-bond acceptors (Lipinski definition) is 3. The SMILES string of the molecule is CC(=O)CCOCC(=O)Nc1cccc(C)c1. The number of hydrogen-bond donors (Lipinski definition) is 1. The van der Waals surface area contributed by atoms with Gasteiger partial charge < -0.3 is 10.1 Å². The second-order valence-electron chi connectivity index (χ2n) is 3.92. The minimum atomic E-state index is -0.209. The quantitative estimate of drug-likeness (QED) is 0.766. The van der Waals surface area contributed by atoms with E-state index in [-0.39, 0.29) is 24.9 Å². The van der Waals surface area contributed by atoms with Gasteiger partial charge in [0, 0.05) is 12.1 Å². The molecule has 1 amide bonds. The molecule has 17 heavy (non-hydrogen) atoms. The summed E-state index contributed by atoms with van der Waals surface area (Å²) in [4.78, 5) is 22.1. The minimum Gasteiger partial charge on any atom is -0.371 e. The summed E-state index contributed by atoms with van der Waals surface area (Å²) in [5.74, 6) is -0.150. The summed E-state index contributed by atoms with van der Waals surface area (Å²) >= 11 is 0. The highest BCUT2D eigenvalue weighted by Crippen LogP contribution is 2.09. The number of Topliss-reactive ketones (excluding diaryl/α,β-unsaturated/α-hetero) is 1. The summed E-state index contributed by atoms with van der Waals surface area (Å²) in [6.07, 6.45) is 0.345. The van der Waals surface area contributed by atoms with E-state index >= 15 is 0 Å². The third-order valence-corrected chi connectivity index (χ3v) is 2.13. The van der Waals surface area contributed by atoms with E-state index in [2.05, 4.69) is 5.32 Å². The van der Waals surface area contributed by atoms with Crippen LogP contribution >= 0.6 is 0 Å². The molecule has 0 radical (unpaired) electrons. The molecule has 0 atom stereocenters. The minimum absolute atomic E-state index is 0.0266. The van der Waals surface area contributed by atoms with Gasteiger partial charge in [-0.3, -0.25) is 9.59 Å². The van der Waals surface area contributed by atoms with E-state index in [0.717, 1.165) is 11.3 Å². The van der Waals surface area contributed by atoms with Gasteiger partial charge in [-0.2, -0.15) is 0 Å². The standard InChI is InChI=1S/C13H17NO3/c1-10-4-3-5-12(8-10)14-13(16)9-17-7-6-11(2)15/h3-5,8H,6-7,9H2,1-2H3,(H,14,16). The molecule has 0 saturated heterocycles. The van der Waals surface area contributed by atoms with E-state index in [1.54, 1.807) is 0 Å². The Hall–Kier alpha value is -1.68. The normalized spacial score (nSPS) is 10.0. The number of rotatable bonds is 6. The van der Waals surface area contributed by atoms with Crippen LogP contribution in [0.25, 0.3) is 0 Å². The molecule has 0 bridgehead atoms. The predicted octanol–water partition coefficient (Wildman–Crippen LogP) is 1.93. The second-order valence-corrected chi connectivity index (χ2v) is 3.92. The average molecular weight is 235 g/mol. The van der Waals surface area contributed by atoms with Crippen molar-refractivity contribution < 1.29 is 14.3 Å². The summed E-state index contributed by atoms with van der Waals surface area (Å²) in [6, 6.07) is 7.54. The summed E-state index contributed by atoms with van der Waals surface area (Å²) in [5, 5.41) is 2.72. The van der Waals surface area contributed by atoms with Crippen LogP contribution in [0.15, 0.2) is 24.3 Å². The smallest absolute Gasteiger partial charge is 0.250 e. The lowest BCUT2D eigenvalue weighted by Crippen LogP contribution is -2.19. The molecular weight excluding hydrogens is 218 g/mol. The molecule has 1 aromatic carbocycles. The Balaban J connectivity index is 2.27. The van der Waals surface area contributed by atoms with Crippen LogP contribution in [0.5, 0.6) is 0 Å². The van der Waals surface area contributed by atoms with Gasteiger partial charge >= 0.3 is 0 Å².